The highest BCUT2D eigenvalue weighted by Gasteiger charge is 2.39. The van der Waals surface area contributed by atoms with Crippen LogP contribution in [0.3, 0.4) is 0 Å². The van der Waals surface area contributed by atoms with Crippen LogP contribution in [0.15, 0.2) is 18.2 Å². The molecule has 2 nitrogen and oxygen atoms in total. The van der Waals surface area contributed by atoms with Crippen LogP contribution in [0.25, 0.3) is 0 Å². The van der Waals surface area contributed by atoms with Gasteiger partial charge in [0.2, 0.25) is 0 Å². The Hall–Kier alpha value is -0.930. The van der Waals surface area contributed by atoms with Crippen molar-refractivity contribution >= 4 is 0 Å². The Morgan fingerprint density at radius 2 is 2.26 bits per heavy atom. The Morgan fingerprint density at radius 1 is 1.47 bits per heavy atom. The van der Waals surface area contributed by atoms with Gasteiger partial charge in [-0.3, -0.25) is 0 Å². The highest BCUT2D eigenvalue weighted by Crippen LogP contribution is 2.37. The van der Waals surface area contributed by atoms with Crippen molar-refractivity contribution in [2.75, 3.05) is 13.2 Å². The molecule has 2 rings (SSSR count). The summed E-state index contributed by atoms with van der Waals surface area (Å²) >= 11 is 0. The molecule has 1 fully saturated rings. The van der Waals surface area contributed by atoms with E-state index in [1.54, 1.807) is 13.0 Å². The van der Waals surface area contributed by atoms with Crippen molar-refractivity contribution in [2.45, 2.75) is 51.7 Å². The lowest BCUT2D eigenvalue weighted by molar-refractivity contribution is -0.0125. The van der Waals surface area contributed by atoms with Crippen LogP contribution in [-0.2, 0) is 4.74 Å². The van der Waals surface area contributed by atoms with Gasteiger partial charge in [-0.25, -0.2) is 4.39 Å². The number of halogens is 1. The molecule has 2 atom stereocenters. The molecule has 1 heterocycles. The molecule has 1 N–H and O–H groups in total. The van der Waals surface area contributed by atoms with Crippen LogP contribution in [0.1, 0.15) is 50.3 Å². The summed E-state index contributed by atoms with van der Waals surface area (Å²) in [5.74, 6) is -0.137. The maximum atomic E-state index is 13.8. The Bertz CT molecular complexity index is 427. The fourth-order valence-corrected chi connectivity index (χ4v) is 2.79. The van der Waals surface area contributed by atoms with Gasteiger partial charge in [0.05, 0.1) is 11.6 Å². The summed E-state index contributed by atoms with van der Waals surface area (Å²) in [6, 6.07) is 5.57. The first kappa shape index (κ1) is 14.5. The molecular weight excluding hydrogens is 241 g/mol. The number of ether oxygens (including phenoxy) is 1. The topological polar surface area (TPSA) is 21.3 Å². The number of aryl methyl sites for hydroxylation is 1. The third kappa shape index (κ3) is 3.15. The standard InChI is InChI=1S/C16H24FNO/c1-4-9-18-15(16(3)8-5-10-19-16)13-7-6-12(2)14(17)11-13/h6-7,11,15,18H,4-5,8-10H2,1-3H3. The van der Waals surface area contributed by atoms with Crippen LogP contribution in [0, 0.1) is 12.7 Å². The molecule has 1 aromatic carbocycles. The fourth-order valence-electron chi connectivity index (χ4n) is 2.79. The Balaban J connectivity index is 2.28. The Morgan fingerprint density at radius 3 is 2.84 bits per heavy atom. The summed E-state index contributed by atoms with van der Waals surface area (Å²) < 4.78 is 19.7. The third-order valence-electron chi connectivity index (χ3n) is 3.99. The molecular formula is C16H24FNO. The monoisotopic (exact) mass is 265 g/mol. The first-order valence-electron chi connectivity index (χ1n) is 7.20. The van der Waals surface area contributed by atoms with Crippen LogP contribution in [-0.4, -0.2) is 18.8 Å². The van der Waals surface area contributed by atoms with Gasteiger partial charge in [-0.2, -0.15) is 0 Å². The van der Waals surface area contributed by atoms with E-state index in [4.69, 9.17) is 4.74 Å². The summed E-state index contributed by atoms with van der Waals surface area (Å²) in [6.45, 7) is 7.78. The maximum absolute atomic E-state index is 13.8. The average Bonchev–Trinajstić information content (AvgIpc) is 2.82. The van der Waals surface area contributed by atoms with Gasteiger partial charge in [-0.05, 0) is 56.8 Å². The zero-order valence-electron chi connectivity index (χ0n) is 12.1. The summed E-state index contributed by atoms with van der Waals surface area (Å²) in [5, 5.41) is 3.52. The quantitative estimate of drug-likeness (QED) is 0.875. The number of benzene rings is 1. The predicted molar refractivity (Wildman–Crippen MR) is 75.8 cm³/mol. The van der Waals surface area contributed by atoms with Gasteiger partial charge in [0, 0.05) is 6.61 Å². The zero-order chi connectivity index (χ0) is 13.9. The normalized spacial score (nSPS) is 24.6. The largest absolute Gasteiger partial charge is 0.373 e. The van der Waals surface area contributed by atoms with Gasteiger partial charge >= 0.3 is 0 Å². The first-order valence-corrected chi connectivity index (χ1v) is 7.20. The van der Waals surface area contributed by atoms with Crippen molar-refractivity contribution in [3.8, 4) is 0 Å². The van der Waals surface area contributed by atoms with Crippen molar-refractivity contribution in [2.24, 2.45) is 0 Å². The number of hydrogen-bond acceptors (Lipinski definition) is 2. The SMILES string of the molecule is CCCNC(c1ccc(C)c(F)c1)C1(C)CCCO1. The van der Waals surface area contributed by atoms with Gasteiger partial charge in [0.25, 0.3) is 0 Å². The predicted octanol–water partition coefficient (Wildman–Crippen LogP) is 3.74. The van der Waals surface area contributed by atoms with Crippen molar-refractivity contribution in [1.29, 1.82) is 0 Å². The first-order chi connectivity index (χ1) is 9.07. The number of rotatable bonds is 5. The lowest BCUT2D eigenvalue weighted by Crippen LogP contribution is -2.41. The minimum atomic E-state index is -0.225. The van der Waals surface area contributed by atoms with Gasteiger partial charge in [0.15, 0.2) is 0 Å². The highest BCUT2D eigenvalue weighted by atomic mass is 19.1. The van der Waals surface area contributed by atoms with Gasteiger partial charge in [-0.1, -0.05) is 19.1 Å². The molecule has 106 valence electrons. The second kappa shape index (κ2) is 6.02. The van der Waals surface area contributed by atoms with Gasteiger partial charge < -0.3 is 10.1 Å². The van der Waals surface area contributed by atoms with Crippen LogP contribution < -0.4 is 5.32 Å². The Labute approximate surface area is 115 Å². The van der Waals surface area contributed by atoms with Crippen molar-refractivity contribution in [1.82, 2.24) is 5.32 Å². The second-order valence-corrected chi connectivity index (χ2v) is 5.66. The van der Waals surface area contributed by atoms with E-state index in [9.17, 15) is 4.39 Å². The van der Waals surface area contributed by atoms with E-state index in [0.29, 0.717) is 5.56 Å². The lowest BCUT2D eigenvalue weighted by atomic mass is 9.87. The van der Waals surface area contributed by atoms with E-state index in [1.165, 1.54) is 0 Å². The summed E-state index contributed by atoms with van der Waals surface area (Å²) in [4.78, 5) is 0. The molecule has 19 heavy (non-hydrogen) atoms. The Kier molecular flexibility index (Phi) is 4.58. The molecule has 0 bridgehead atoms. The van der Waals surface area contributed by atoms with E-state index in [0.717, 1.165) is 38.0 Å². The summed E-state index contributed by atoms with van der Waals surface area (Å²) in [6.07, 6.45) is 3.15. The maximum Gasteiger partial charge on any atom is 0.126 e. The van der Waals surface area contributed by atoms with Gasteiger partial charge in [0.1, 0.15) is 5.82 Å². The third-order valence-corrected chi connectivity index (χ3v) is 3.99. The lowest BCUT2D eigenvalue weighted by Gasteiger charge is -2.34. The summed E-state index contributed by atoms with van der Waals surface area (Å²) in [7, 11) is 0. The molecule has 0 saturated carbocycles. The molecule has 0 radical (unpaired) electrons. The van der Waals surface area contributed by atoms with E-state index < -0.39 is 0 Å². The molecule has 1 aliphatic rings. The smallest absolute Gasteiger partial charge is 0.126 e. The van der Waals surface area contributed by atoms with E-state index >= 15 is 0 Å². The average molecular weight is 265 g/mol. The fraction of sp³-hybridized carbons (Fsp3) is 0.625. The molecule has 0 aromatic heterocycles. The van der Waals surface area contributed by atoms with E-state index in [1.807, 2.05) is 12.1 Å². The van der Waals surface area contributed by atoms with Gasteiger partial charge in [-0.15, -0.1) is 0 Å². The number of hydrogen-bond donors (Lipinski definition) is 1. The van der Waals surface area contributed by atoms with Crippen LogP contribution in [0.5, 0.6) is 0 Å². The van der Waals surface area contributed by atoms with Crippen LogP contribution >= 0.6 is 0 Å². The molecule has 0 aliphatic carbocycles. The molecule has 3 heteroatoms. The van der Waals surface area contributed by atoms with Crippen LogP contribution in [0.2, 0.25) is 0 Å². The molecule has 1 saturated heterocycles. The summed E-state index contributed by atoms with van der Waals surface area (Å²) in [5.41, 5.74) is 1.45. The number of nitrogens with one attached hydrogen (secondary N) is 1. The molecule has 0 amide bonds. The molecule has 2 unspecified atom stereocenters. The van der Waals surface area contributed by atoms with Crippen molar-refractivity contribution in [3.05, 3.63) is 35.1 Å². The molecule has 0 spiro atoms. The minimum Gasteiger partial charge on any atom is -0.373 e. The zero-order valence-corrected chi connectivity index (χ0v) is 12.1. The highest BCUT2D eigenvalue weighted by molar-refractivity contribution is 5.28. The van der Waals surface area contributed by atoms with Crippen molar-refractivity contribution in [3.63, 3.8) is 0 Å². The van der Waals surface area contributed by atoms with E-state index in [2.05, 4.69) is 19.2 Å². The van der Waals surface area contributed by atoms with Crippen LogP contribution in [0.4, 0.5) is 4.39 Å². The minimum absolute atomic E-state index is 0.0602. The molecule has 1 aromatic rings. The molecule has 1 aliphatic heterocycles. The second-order valence-electron chi connectivity index (χ2n) is 5.66. The van der Waals surface area contributed by atoms with Crippen molar-refractivity contribution < 1.29 is 9.13 Å². The van der Waals surface area contributed by atoms with E-state index in [-0.39, 0.29) is 17.5 Å².